The van der Waals surface area contributed by atoms with Crippen molar-refractivity contribution >= 4 is 5.69 Å². The first-order valence-electron chi connectivity index (χ1n) is 4.91. The van der Waals surface area contributed by atoms with Crippen LogP contribution in [-0.4, -0.2) is 19.7 Å². The van der Waals surface area contributed by atoms with Crippen LogP contribution in [0.15, 0.2) is 24.7 Å². The standard InChI is InChI=1S/C10H13N5/c1-2-6-15-7-13-14-10(15)9-8(11)4-3-5-12-9/h3-5,7H,2,6,11H2,1H3. The van der Waals surface area contributed by atoms with Crippen LogP contribution in [0.4, 0.5) is 5.69 Å². The van der Waals surface area contributed by atoms with E-state index in [0.717, 1.165) is 18.8 Å². The molecule has 5 nitrogen and oxygen atoms in total. The first kappa shape index (κ1) is 9.64. The summed E-state index contributed by atoms with van der Waals surface area (Å²) in [6.45, 7) is 2.98. The number of nitrogens with zero attached hydrogens (tertiary/aromatic N) is 4. The monoisotopic (exact) mass is 203 g/mol. The van der Waals surface area contributed by atoms with Crippen molar-refractivity contribution in [1.29, 1.82) is 0 Å². The van der Waals surface area contributed by atoms with Crippen LogP contribution in [0, 0.1) is 0 Å². The van der Waals surface area contributed by atoms with Gasteiger partial charge in [-0.05, 0) is 18.6 Å². The van der Waals surface area contributed by atoms with Crippen LogP contribution < -0.4 is 5.73 Å². The third kappa shape index (κ3) is 1.81. The Bertz CT molecular complexity index is 449. The maximum Gasteiger partial charge on any atom is 0.184 e. The first-order chi connectivity index (χ1) is 7.33. The summed E-state index contributed by atoms with van der Waals surface area (Å²) in [6.07, 6.45) is 4.43. The van der Waals surface area contributed by atoms with Gasteiger partial charge in [0.1, 0.15) is 12.0 Å². The third-order valence-corrected chi connectivity index (χ3v) is 2.13. The molecule has 2 aromatic rings. The molecule has 2 heterocycles. The van der Waals surface area contributed by atoms with Gasteiger partial charge < -0.3 is 10.3 Å². The number of nitrogen functional groups attached to an aromatic ring is 1. The fourth-order valence-corrected chi connectivity index (χ4v) is 1.45. The predicted octanol–water partition coefficient (Wildman–Crippen LogP) is 1.33. The van der Waals surface area contributed by atoms with E-state index in [1.54, 1.807) is 18.6 Å². The molecule has 78 valence electrons. The zero-order valence-electron chi connectivity index (χ0n) is 8.59. The molecular formula is C10H13N5. The Morgan fingerprint density at radius 3 is 3.07 bits per heavy atom. The van der Waals surface area contributed by atoms with Gasteiger partial charge in [0.2, 0.25) is 0 Å². The van der Waals surface area contributed by atoms with Gasteiger partial charge in [-0.3, -0.25) is 4.98 Å². The summed E-state index contributed by atoms with van der Waals surface area (Å²) < 4.78 is 1.96. The lowest BCUT2D eigenvalue weighted by Gasteiger charge is -2.05. The zero-order chi connectivity index (χ0) is 10.7. The van der Waals surface area contributed by atoms with E-state index >= 15 is 0 Å². The third-order valence-electron chi connectivity index (χ3n) is 2.13. The highest BCUT2D eigenvalue weighted by atomic mass is 15.3. The molecule has 0 aliphatic carbocycles. The fourth-order valence-electron chi connectivity index (χ4n) is 1.45. The van der Waals surface area contributed by atoms with Crippen molar-refractivity contribution in [3.05, 3.63) is 24.7 Å². The van der Waals surface area contributed by atoms with E-state index in [0.29, 0.717) is 11.4 Å². The van der Waals surface area contributed by atoms with Crippen molar-refractivity contribution in [2.75, 3.05) is 5.73 Å². The molecule has 0 spiro atoms. The highest BCUT2D eigenvalue weighted by Gasteiger charge is 2.10. The molecule has 15 heavy (non-hydrogen) atoms. The molecule has 5 heteroatoms. The van der Waals surface area contributed by atoms with E-state index in [2.05, 4.69) is 22.1 Å². The lowest BCUT2D eigenvalue weighted by molar-refractivity contribution is 0.681. The van der Waals surface area contributed by atoms with Crippen molar-refractivity contribution in [2.24, 2.45) is 0 Å². The molecular weight excluding hydrogens is 190 g/mol. The summed E-state index contributed by atoms with van der Waals surface area (Å²) in [5.41, 5.74) is 7.16. The molecule has 0 aliphatic rings. The number of hydrogen-bond acceptors (Lipinski definition) is 4. The molecule has 0 atom stereocenters. The second-order valence-corrected chi connectivity index (χ2v) is 3.29. The normalized spacial score (nSPS) is 10.5. The molecule has 0 unspecified atom stereocenters. The Labute approximate surface area is 88.0 Å². The number of aromatic nitrogens is 4. The Balaban J connectivity index is 2.45. The molecule has 2 aromatic heterocycles. The molecule has 0 saturated carbocycles. The SMILES string of the molecule is CCCn1cnnc1-c1ncccc1N. The van der Waals surface area contributed by atoms with Gasteiger partial charge in [0.25, 0.3) is 0 Å². The summed E-state index contributed by atoms with van der Waals surface area (Å²) >= 11 is 0. The first-order valence-corrected chi connectivity index (χ1v) is 4.91. The minimum atomic E-state index is 0.628. The van der Waals surface area contributed by atoms with Crippen molar-refractivity contribution in [3.63, 3.8) is 0 Å². The molecule has 2 rings (SSSR count). The van der Waals surface area contributed by atoms with Gasteiger partial charge in [0.05, 0.1) is 5.69 Å². The molecule has 0 fully saturated rings. The van der Waals surface area contributed by atoms with Crippen molar-refractivity contribution in [1.82, 2.24) is 19.7 Å². The van der Waals surface area contributed by atoms with Gasteiger partial charge in [-0.25, -0.2) is 0 Å². The largest absolute Gasteiger partial charge is 0.397 e. The van der Waals surface area contributed by atoms with Crippen LogP contribution in [0.5, 0.6) is 0 Å². The van der Waals surface area contributed by atoms with E-state index in [4.69, 9.17) is 5.73 Å². The van der Waals surface area contributed by atoms with Crippen molar-refractivity contribution < 1.29 is 0 Å². The Morgan fingerprint density at radius 2 is 2.33 bits per heavy atom. The highest BCUT2D eigenvalue weighted by molar-refractivity contribution is 5.66. The van der Waals surface area contributed by atoms with Crippen LogP contribution in [0.1, 0.15) is 13.3 Å². The average Bonchev–Trinajstić information content (AvgIpc) is 2.67. The summed E-state index contributed by atoms with van der Waals surface area (Å²) in [4.78, 5) is 4.22. The van der Waals surface area contributed by atoms with Crippen LogP contribution in [-0.2, 0) is 6.54 Å². The number of aryl methyl sites for hydroxylation is 1. The molecule has 0 radical (unpaired) electrons. The van der Waals surface area contributed by atoms with Crippen LogP contribution in [0.25, 0.3) is 11.5 Å². The number of rotatable bonds is 3. The summed E-state index contributed by atoms with van der Waals surface area (Å²) in [5, 5.41) is 7.91. The lowest BCUT2D eigenvalue weighted by atomic mass is 10.3. The second kappa shape index (κ2) is 4.08. The van der Waals surface area contributed by atoms with Crippen LogP contribution >= 0.6 is 0 Å². The Hall–Kier alpha value is -1.91. The quantitative estimate of drug-likeness (QED) is 0.817. The summed E-state index contributed by atoms with van der Waals surface area (Å²) in [7, 11) is 0. The Kier molecular flexibility index (Phi) is 2.62. The van der Waals surface area contributed by atoms with Gasteiger partial charge in [-0.2, -0.15) is 0 Å². The van der Waals surface area contributed by atoms with Crippen molar-refractivity contribution in [2.45, 2.75) is 19.9 Å². The number of hydrogen-bond donors (Lipinski definition) is 1. The Morgan fingerprint density at radius 1 is 1.47 bits per heavy atom. The van der Waals surface area contributed by atoms with Gasteiger partial charge in [0, 0.05) is 12.7 Å². The molecule has 2 N–H and O–H groups in total. The van der Waals surface area contributed by atoms with Crippen LogP contribution in [0.2, 0.25) is 0 Å². The van der Waals surface area contributed by atoms with Gasteiger partial charge in [-0.1, -0.05) is 6.92 Å². The summed E-state index contributed by atoms with van der Waals surface area (Å²) in [6, 6.07) is 3.62. The van der Waals surface area contributed by atoms with Crippen LogP contribution in [0.3, 0.4) is 0 Å². The number of pyridine rings is 1. The van der Waals surface area contributed by atoms with E-state index in [-0.39, 0.29) is 0 Å². The molecule has 0 amide bonds. The van der Waals surface area contributed by atoms with Gasteiger partial charge in [-0.15, -0.1) is 10.2 Å². The maximum atomic E-state index is 5.83. The van der Waals surface area contributed by atoms with E-state index < -0.39 is 0 Å². The second-order valence-electron chi connectivity index (χ2n) is 3.29. The van der Waals surface area contributed by atoms with Gasteiger partial charge in [0.15, 0.2) is 5.82 Å². The predicted molar refractivity (Wildman–Crippen MR) is 58.0 cm³/mol. The minimum Gasteiger partial charge on any atom is -0.397 e. The minimum absolute atomic E-state index is 0.628. The van der Waals surface area contributed by atoms with E-state index in [1.807, 2.05) is 10.6 Å². The average molecular weight is 203 g/mol. The summed E-state index contributed by atoms with van der Waals surface area (Å²) in [5.74, 6) is 0.731. The fraction of sp³-hybridized carbons (Fsp3) is 0.300. The topological polar surface area (TPSA) is 69.6 Å². The molecule has 0 aliphatic heterocycles. The maximum absolute atomic E-state index is 5.83. The van der Waals surface area contributed by atoms with Gasteiger partial charge >= 0.3 is 0 Å². The van der Waals surface area contributed by atoms with E-state index in [1.165, 1.54) is 0 Å². The number of nitrogens with two attached hydrogens (primary N) is 1. The number of anilines is 1. The lowest BCUT2D eigenvalue weighted by Crippen LogP contribution is -2.02. The van der Waals surface area contributed by atoms with Crippen molar-refractivity contribution in [3.8, 4) is 11.5 Å². The van der Waals surface area contributed by atoms with E-state index in [9.17, 15) is 0 Å². The molecule has 0 saturated heterocycles. The molecule has 0 bridgehead atoms. The smallest absolute Gasteiger partial charge is 0.184 e. The zero-order valence-corrected chi connectivity index (χ0v) is 8.59. The molecule has 0 aromatic carbocycles. The highest BCUT2D eigenvalue weighted by Crippen LogP contribution is 2.20.